The number of hydrazine groups is 1. The first-order valence-electron chi connectivity index (χ1n) is 7.41. The number of ether oxygens (including phenoxy) is 2. The van der Waals surface area contributed by atoms with Gasteiger partial charge in [-0.1, -0.05) is 37.3 Å². The highest BCUT2D eigenvalue weighted by molar-refractivity contribution is 5.82. The van der Waals surface area contributed by atoms with E-state index in [2.05, 4.69) is 0 Å². The number of methoxy groups -OCH3 is 1. The van der Waals surface area contributed by atoms with E-state index in [9.17, 15) is 9.59 Å². The molecule has 120 valence electrons. The number of hydrogen-bond acceptors (Lipinski definition) is 5. The molecular formula is C16H22N2O4. The van der Waals surface area contributed by atoms with Gasteiger partial charge in [0, 0.05) is 19.0 Å². The summed E-state index contributed by atoms with van der Waals surface area (Å²) < 4.78 is 9.95. The zero-order valence-electron chi connectivity index (χ0n) is 13.2. The average molecular weight is 306 g/mol. The van der Waals surface area contributed by atoms with Crippen LogP contribution in [-0.4, -0.2) is 48.4 Å². The summed E-state index contributed by atoms with van der Waals surface area (Å²) >= 11 is 0. The van der Waals surface area contributed by atoms with Crippen molar-refractivity contribution in [2.75, 3.05) is 20.3 Å². The van der Waals surface area contributed by atoms with Crippen molar-refractivity contribution in [1.82, 2.24) is 10.0 Å². The van der Waals surface area contributed by atoms with E-state index < -0.39 is 18.1 Å². The predicted octanol–water partition coefficient (Wildman–Crippen LogP) is 2.05. The molecule has 0 radical (unpaired) electrons. The SMILES string of the molecule is CCOC(=O)N1C(C(=O)OC)C(C)CN1Cc1ccccc1. The van der Waals surface area contributed by atoms with Gasteiger partial charge in [0.15, 0.2) is 6.04 Å². The third-order valence-electron chi connectivity index (χ3n) is 3.71. The Morgan fingerprint density at radius 1 is 1.27 bits per heavy atom. The van der Waals surface area contributed by atoms with Gasteiger partial charge in [-0.2, -0.15) is 0 Å². The van der Waals surface area contributed by atoms with Gasteiger partial charge in [0.2, 0.25) is 0 Å². The largest absolute Gasteiger partial charge is 0.467 e. The first-order chi connectivity index (χ1) is 10.6. The predicted molar refractivity (Wildman–Crippen MR) is 80.7 cm³/mol. The summed E-state index contributed by atoms with van der Waals surface area (Å²) in [5.41, 5.74) is 1.06. The van der Waals surface area contributed by atoms with Gasteiger partial charge < -0.3 is 9.47 Å². The van der Waals surface area contributed by atoms with Crippen LogP contribution in [0.4, 0.5) is 4.79 Å². The Labute approximate surface area is 130 Å². The van der Waals surface area contributed by atoms with Crippen LogP contribution < -0.4 is 0 Å². The van der Waals surface area contributed by atoms with Gasteiger partial charge >= 0.3 is 12.1 Å². The zero-order valence-corrected chi connectivity index (χ0v) is 13.2. The summed E-state index contributed by atoms with van der Waals surface area (Å²) in [5, 5.41) is 3.24. The highest BCUT2D eigenvalue weighted by atomic mass is 16.6. The third-order valence-corrected chi connectivity index (χ3v) is 3.71. The Balaban J connectivity index is 2.23. The molecule has 0 aromatic heterocycles. The highest BCUT2D eigenvalue weighted by Crippen LogP contribution is 2.27. The van der Waals surface area contributed by atoms with Gasteiger partial charge in [0.1, 0.15) is 0 Å². The molecule has 1 amide bonds. The number of benzene rings is 1. The molecule has 2 unspecified atom stereocenters. The molecule has 0 spiro atoms. The van der Waals surface area contributed by atoms with Crippen LogP contribution in [0.15, 0.2) is 30.3 Å². The van der Waals surface area contributed by atoms with Gasteiger partial charge in [-0.3, -0.25) is 0 Å². The molecule has 1 saturated heterocycles. The van der Waals surface area contributed by atoms with E-state index in [4.69, 9.17) is 9.47 Å². The molecule has 6 heteroatoms. The lowest BCUT2D eigenvalue weighted by molar-refractivity contribution is -0.150. The highest BCUT2D eigenvalue weighted by Gasteiger charge is 2.46. The quantitative estimate of drug-likeness (QED) is 0.797. The fourth-order valence-electron chi connectivity index (χ4n) is 2.74. The molecule has 1 fully saturated rings. The van der Waals surface area contributed by atoms with Crippen molar-refractivity contribution >= 4 is 12.1 Å². The molecule has 2 rings (SSSR count). The second-order valence-electron chi connectivity index (χ2n) is 5.32. The topological polar surface area (TPSA) is 59.1 Å². The standard InChI is InChI=1S/C16H22N2O4/c1-4-22-16(20)18-14(15(19)21-3)12(2)10-17(18)11-13-8-6-5-7-9-13/h5-9,12,14H,4,10-11H2,1-3H3. The Morgan fingerprint density at radius 2 is 1.95 bits per heavy atom. The van der Waals surface area contributed by atoms with Crippen LogP contribution in [0, 0.1) is 5.92 Å². The van der Waals surface area contributed by atoms with Crippen molar-refractivity contribution in [2.24, 2.45) is 5.92 Å². The van der Waals surface area contributed by atoms with Crippen LogP contribution in [-0.2, 0) is 20.8 Å². The molecule has 22 heavy (non-hydrogen) atoms. The molecule has 0 N–H and O–H groups in total. The number of rotatable bonds is 4. The smallest absolute Gasteiger partial charge is 0.425 e. The van der Waals surface area contributed by atoms with Crippen molar-refractivity contribution in [3.8, 4) is 0 Å². The van der Waals surface area contributed by atoms with Gasteiger partial charge in [-0.15, -0.1) is 0 Å². The van der Waals surface area contributed by atoms with Crippen molar-refractivity contribution in [3.63, 3.8) is 0 Å². The minimum atomic E-state index is -0.646. The summed E-state index contributed by atoms with van der Waals surface area (Å²) in [7, 11) is 1.33. The lowest BCUT2D eigenvalue weighted by atomic mass is 10.0. The van der Waals surface area contributed by atoms with E-state index in [1.807, 2.05) is 42.3 Å². The van der Waals surface area contributed by atoms with Gasteiger partial charge in [-0.25, -0.2) is 19.6 Å². The molecule has 1 aromatic rings. The maximum Gasteiger partial charge on any atom is 0.425 e. The van der Waals surface area contributed by atoms with Crippen molar-refractivity contribution < 1.29 is 19.1 Å². The molecule has 0 saturated carbocycles. The summed E-state index contributed by atoms with van der Waals surface area (Å²) in [6, 6.07) is 9.16. The van der Waals surface area contributed by atoms with E-state index in [0.717, 1.165) is 5.56 Å². The van der Waals surface area contributed by atoms with Crippen LogP contribution in [0.1, 0.15) is 19.4 Å². The first-order valence-corrected chi connectivity index (χ1v) is 7.41. The third kappa shape index (κ3) is 3.39. The van der Waals surface area contributed by atoms with Crippen molar-refractivity contribution in [2.45, 2.75) is 26.4 Å². The molecule has 6 nitrogen and oxygen atoms in total. The van der Waals surface area contributed by atoms with E-state index in [1.165, 1.54) is 12.1 Å². The Morgan fingerprint density at radius 3 is 2.55 bits per heavy atom. The molecule has 1 aliphatic rings. The van der Waals surface area contributed by atoms with Gasteiger partial charge in [0.05, 0.1) is 13.7 Å². The number of carbonyl (C=O) groups is 2. The minimum absolute atomic E-state index is 0.0273. The Hall–Kier alpha value is -2.08. The lowest BCUT2D eigenvalue weighted by Crippen LogP contribution is -2.49. The molecular weight excluding hydrogens is 284 g/mol. The minimum Gasteiger partial charge on any atom is -0.467 e. The molecule has 2 atom stereocenters. The second kappa shape index (κ2) is 7.26. The van der Waals surface area contributed by atoms with Gasteiger partial charge in [0.25, 0.3) is 0 Å². The fraction of sp³-hybridized carbons (Fsp3) is 0.500. The monoisotopic (exact) mass is 306 g/mol. The summed E-state index contributed by atoms with van der Waals surface area (Å²) in [5.74, 6) is -0.448. The first kappa shape index (κ1) is 16.3. The Kier molecular flexibility index (Phi) is 5.38. The number of hydrogen-bond donors (Lipinski definition) is 0. The summed E-state index contributed by atoms with van der Waals surface area (Å²) in [6.07, 6.45) is -0.516. The van der Waals surface area contributed by atoms with Crippen LogP contribution in [0.25, 0.3) is 0 Å². The van der Waals surface area contributed by atoms with E-state index >= 15 is 0 Å². The molecule has 0 bridgehead atoms. The lowest BCUT2D eigenvalue weighted by Gasteiger charge is -2.30. The molecule has 1 aromatic carbocycles. The number of esters is 1. The van der Waals surface area contributed by atoms with Crippen LogP contribution >= 0.6 is 0 Å². The zero-order chi connectivity index (χ0) is 16.1. The van der Waals surface area contributed by atoms with E-state index in [-0.39, 0.29) is 12.5 Å². The Bertz CT molecular complexity index is 520. The van der Waals surface area contributed by atoms with Crippen molar-refractivity contribution in [1.29, 1.82) is 0 Å². The van der Waals surface area contributed by atoms with E-state index in [1.54, 1.807) is 6.92 Å². The van der Waals surface area contributed by atoms with E-state index in [0.29, 0.717) is 13.1 Å². The van der Waals surface area contributed by atoms with Crippen LogP contribution in [0.2, 0.25) is 0 Å². The summed E-state index contributed by atoms with van der Waals surface area (Å²) in [6.45, 7) is 5.06. The fourth-order valence-corrected chi connectivity index (χ4v) is 2.74. The van der Waals surface area contributed by atoms with Gasteiger partial charge in [-0.05, 0) is 12.5 Å². The number of carbonyl (C=O) groups excluding carboxylic acids is 2. The van der Waals surface area contributed by atoms with Crippen LogP contribution in [0.5, 0.6) is 0 Å². The molecule has 1 heterocycles. The molecule has 0 aliphatic carbocycles. The maximum absolute atomic E-state index is 12.3. The number of amides is 1. The van der Waals surface area contributed by atoms with Crippen molar-refractivity contribution in [3.05, 3.63) is 35.9 Å². The second-order valence-corrected chi connectivity index (χ2v) is 5.32. The normalized spacial score (nSPS) is 21.7. The number of nitrogens with zero attached hydrogens (tertiary/aromatic N) is 2. The summed E-state index contributed by atoms with van der Waals surface area (Å²) in [4.78, 5) is 24.3. The maximum atomic E-state index is 12.3. The van der Waals surface area contributed by atoms with Crippen LogP contribution in [0.3, 0.4) is 0 Å². The average Bonchev–Trinajstić information content (AvgIpc) is 2.84. The molecule has 1 aliphatic heterocycles.